The van der Waals surface area contributed by atoms with Gasteiger partial charge >= 0.3 is 0 Å². The summed E-state index contributed by atoms with van der Waals surface area (Å²) in [4.78, 5) is 23.1. The molecule has 3 aromatic heterocycles. The maximum absolute atomic E-state index is 14.3. The number of allylic oxidation sites excluding steroid dienone is 4. The lowest BCUT2D eigenvalue weighted by Gasteiger charge is -2.71. The van der Waals surface area contributed by atoms with Crippen molar-refractivity contribution in [3.8, 4) is 11.4 Å². The summed E-state index contributed by atoms with van der Waals surface area (Å²) in [5.74, 6) is 1.81. The van der Waals surface area contributed by atoms with Crippen LogP contribution in [0.15, 0.2) is 76.3 Å². The number of nitrogens with zero attached hydrogens (tertiary/aromatic N) is 3. The van der Waals surface area contributed by atoms with Gasteiger partial charge in [-0.05, 0) is 86.5 Å². The van der Waals surface area contributed by atoms with Crippen molar-refractivity contribution in [2.45, 2.75) is 75.7 Å². The number of carbonyl (C=O) groups excluding carboxylic acids is 1. The fourth-order valence-electron chi connectivity index (χ4n) is 10.2. The van der Waals surface area contributed by atoms with Gasteiger partial charge in [0, 0.05) is 45.5 Å². The first-order valence-electron chi connectivity index (χ1n) is 15.5. The molecular weight excluding hydrogens is 560 g/mol. The highest BCUT2D eigenvalue weighted by atomic mass is 32.2. The number of ketones is 1. The first-order valence-corrected chi connectivity index (χ1v) is 16.5. The van der Waals surface area contributed by atoms with Crippen molar-refractivity contribution >= 4 is 17.5 Å². The zero-order valence-corrected chi connectivity index (χ0v) is 25.4. The lowest BCUT2D eigenvalue weighted by Crippen LogP contribution is -2.67. The fraction of sp³-hybridized carbons (Fsp3) is 0.529. The van der Waals surface area contributed by atoms with E-state index in [1.165, 1.54) is 11.8 Å². The molecule has 0 aliphatic heterocycles. The van der Waals surface area contributed by atoms with Gasteiger partial charge in [-0.2, -0.15) is 0 Å². The third-order valence-corrected chi connectivity index (χ3v) is 13.6. The molecule has 3 N–H and O–H groups in total. The molecule has 3 fully saturated rings. The highest BCUT2D eigenvalue weighted by Crippen LogP contribution is 2.78. The minimum atomic E-state index is -0.943. The summed E-state index contributed by atoms with van der Waals surface area (Å²) in [5.41, 5.74) is -0.537. The molecule has 0 amide bonds. The SMILES string of the molecule is C[C@]12CC[C@H]3[C@]4(C=C[C@@]5(C=C4C(=O)c4ccco4)CC(O)CC[C@]35C)[C@@H]1CC[C@@]2(O)CSc1n[nH]c(-c2ccncc2)n1. The number of aromatic amines is 1. The van der Waals surface area contributed by atoms with E-state index in [0.717, 1.165) is 43.2 Å². The van der Waals surface area contributed by atoms with Gasteiger partial charge in [-0.25, -0.2) is 4.98 Å². The van der Waals surface area contributed by atoms with E-state index in [2.05, 4.69) is 52.2 Å². The lowest BCUT2D eigenvalue weighted by atomic mass is 9.32. The summed E-state index contributed by atoms with van der Waals surface area (Å²) >= 11 is 1.49. The summed E-state index contributed by atoms with van der Waals surface area (Å²) in [6.07, 6.45) is 17.2. The number of thioether (sulfide) groups is 1. The predicted molar refractivity (Wildman–Crippen MR) is 162 cm³/mol. The van der Waals surface area contributed by atoms with E-state index in [1.807, 2.05) is 12.1 Å². The van der Waals surface area contributed by atoms with Crippen molar-refractivity contribution in [1.82, 2.24) is 20.2 Å². The minimum Gasteiger partial charge on any atom is -0.461 e. The molecule has 224 valence electrons. The molecule has 8 atom stereocenters. The summed E-state index contributed by atoms with van der Waals surface area (Å²) in [5, 5.41) is 31.4. The first-order chi connectivity index (χ1) is 20.6. The molecule has 9 heteroatoms. The first kappa shape index (κ1) is 27.5. The van der Waals surface area contributed by atoms with Crippen molar-refractivity contribution in [3.05, 3.63) is 72.5 Å². The standard InChI is InChI=1S/C34H38N4O4S/c1-30-10-5-22(39)18-32(30)13-14-34(23(19-32)27(40)24-4-3-17-42-24)25(30)6-11-31(2)26(34)7-12-33(31,41)20-43-29-36-28(37-38-29)21-8-15-35-16-9-21/h3-4,8-9,13-17,19,22,25-26,39,41H,5-7,10-12,18,20H2,1-2H3,(H,36,37,38)/t22?,25-,26-,30-,31+,32+,33-,34-/m1/s1. The van der Waals surface area contributed by atoms with Crippen LogP contribution in [0, 0.1) is 33.5 Å². The fourth-order valence-corrected chi connectivity index (χ4v) is 11.4. The minimum absolute atomic E-state index is 0.0562. The second-order valence-corrected chi connectivity index (χ2v) is 15.1. The van der Waals surface area contributed by atoms with Crippen LogP contribution in [0.5, 0.6) is 0 Å². The lowest BCUT2D eigenvalue weighted by molar-refractivity contribution is -0.166. The molecule has 6 aliphatic carbocycles. The number of aliphatic hydroxyl groups is 2. The van der Waals surface area contributed by atoms with Gasteiger partial charge in [-0.1, -0.05) is 43.8 Å². The molecular formula is C34H38N4O4S. The summed E-state index contributed by atoms with van der Waals surface area (Å²) in [7, 11) is 0. The highest BCUT2D eigenvalue weighted by Gasteiger charge is 2.74. The molecule has 0 aromatic carbocycles. The van der Waals surface area contributed by atoms with Crippen LogP contribution in [0.25, 0.3) is 11.4 Å². The van der Waals surface area contributed by atoms with E-state index in [1.54, 1.807) is 30.8 Å². The normalized spacial score (nSPS) is 40.9. The van der Waals surface area contributed by atoms with Crippen LogP contribution in [0.1, 0.15) is 69.3 Å². The molecule has 1 unspecified atom stereocenters. The summed E-state index contributed by atoms with van der Waals surface area (Å²) in [6.45, 7) is 4.65. The van der Waals surface area contributed by atoms with Crippen molar-refractivity contribution < 1.29 is 19.4 Å². The van der Waals surface area contributed by atoms with Crippen LogP contribution < -0.4 is 0 Å². The predicted octanol–water partition coefficient (Wildman–Crippen LogP) is 6.03. The van der Waals surface area contributed by atoms with Gasteiger partial charge in [0.2, 0.25) is 10.9 Å². The molecule has 2 bridgehead atoms. The van der Waals surface area contributed by atoms with Gasteiger partial charge in [0.25, 0.3) is 0 Å². The van der Waals surface area contributed by atoms with Crippen LogP contribution in [-0.4, -0.2) is 53.6 Å². The summed E-state index contributed by atoms with van der Waals surface area (Å²) in [6, 6.07) is 7.31. The number of hydrogen-bond acceptors (Lipinski definition) is 8. The Morgan fingerprint density at radius 2 is 1.84 bits per heavy atom. The van der Waals surface area contributed by atoms with Crippen molar-refractivity contribution in [2.24, 2.45) is 33.5 Å². The number of Topliss-reactive ketones (excluding diaryl/α,β-unsaturated/α-hetero) is 1. The Morgan fingerprint density at radius 1 is 1.07 bits per heavy atom. The Labute approximate surface area is 255 Å². The molecule has 3 heterocycles. The van der Waals surface area contributed by atoms with Gasteiger partial charge in [0.15, 0.2) is 11.6 Å². The molecule has 0 saturated heterocycles. The number of hydrogen-bond donors (Lipinski definition) is 3. The van der Waals surface area contributed by atoms with E-state index in [9.17, 15) is 15.0 Å². The average Bonchev–Trinajstić information content (AvgIpc) is 3.77. The third kappa shape index (κ3) is 3.58. The summed E-state index contributed by atoms with van der Waals surface area (Å²) < 4.78 is 5.67. The zero-order valence-electron chi connectivity index (χ0n) is 24.6. The van der Waals surface area contributed by atoms with E-state index >= 15 is 0 Å². The molecule has 43 heavy (non-hydrogen) atoms. The number of aromatic nitrogens is 4. The van der Waals surface area contributed by atoms with Gasteiger partial charge in [-0.15, -0.1) is 5.10 Å². The Balaban J connectivity index is 1.16. The zero-order chi connectivity index (χ0) is 29.7. The van der Waals surface area contributed by atoms with E-state index in [4.69, 9.17) is 4.42 Å². The largest absolute Gasteiger partial charge is 0.461 e. The van der Waals surface area contributed by atoms with Crippen molar-refractivity contribution in [2.75, 3.05) is 5.75 Å². The highest BCUT2D eigenvalue weighted by molar-refractivity contribution is 7.99. The Bertz CT molecular complexity index is 1640. The molecule has 2 spiro atoms. The van der Waals surface area contributed by atoms with Crippen LogP contribution in [0.4, 0.5) is 0 Å². The number of carbonyl (C=O) groups is 1. The molecule has 0 radical (unpaired) electrons. The van der Waals surface area contributed by atoms with Crippen LogP contribution in [0.2, 0.25) is 0 Å². The van der Waals surface area contributed by atoms with Gasteiger partial charge in [0.1, 0.15) is 0 Å². The second-order valence-electron chi connectivity index (χ2n) is 14.1. The number of aliphatic hydroxyl groups excluding tert-OH is 1. The number of rotatable bonds is 6. The number of furan rings is 1. The molecule has 3 aromatic rings. The molecule has 9 rings (SSSR count). The van der Waals surface area contributed by atoms with Crippen LogP contribution >= 0.6 is 11.8 Å². The number of fused-ring (bicyclic) bond motifs is 1. The van der Waals surface area contributed by atoms with E-state index < -0.39 is 16.4 Å². The molecule has 3 saturated carbocycles. The topological polar surface area (TPSA) is 125 Å². The quantitative estimate of drug-likeness (QED) is 0.179. The average molecular weight is 599 g/mol. The number of H-pyrrole nitrogens is 1. The van der Waals surface area contributed by atoms with E-state index in [-0.39, 0.29) is 34.6 Å². The molecule has 6 aliphatic rings. The smallest absolute Gasteiger partial charge is 0.224 e. The van der Waals surface area contributed by atoms with E-state index in [0.29, 0.717) is 35.3 Å². The number of nitrogens with one attached hydrogen (secondary N) is 1. The maximum Gasteiger partial charge on any atom is 0.224 e. The Kier molecular flexibility index (Phi) is 5.92. The number of pyridine rings is 1. The molecule has 8 nitrogen and oxygen atoms in total. The van der Waals surface area contributed by atoms with Crippen molar-refractivity contribution in [3.63, 3.8) is 0 Å². The second kappa shape index (κ2) is 9.25. The van der Waals surface area contributed by atoms with Gasteiger partial charge < -0.3 is 14.6 Å². The Morgan fingerprint density at radius 3 is 2.63 bits per heavy atom. The monoisotopic (exact) mass is 598 g/mol. The third-order valence-electron chi connectivity index (χ3n) is 12.6. The van der Waals surface area contributed by atoms with Gasteiger partial charge in [-0.3, -0.25) is 14.9 Å². The maximum atomic E-state index is 14.3. The van der Waals surface area contributed by atoms with Crippen LogP contribution in [0.3, 0.4) is 0 Å². The Hall–Kier alpha value is -3.01. The van der Waals surface area contributed by atoms with Crippen molar-refractivity contribution in [1.29, 1.82) is 0 Å². The van der Waals surface area contributed by atoms with Crippen LogP contribution in [-0.2, 0) is 0 Å². The van der Waals surface area contributed by atoms with Gasteiger partial charge in [0.05, 0.1) is 18.0 Å².